The summed E-state index contributed by atoms with van der Waals surface area (Å²) in [7, 11) is 2.13. The zero-order valence-electron chi connectivity index (χ0n) is 12.3. The second-order valence-electron chi connectivity index (χ2n) is 5.73. The standard InChI is InChI=1S/C15H23ClFN3/c1-10-8-20(9-11(2)19(10)3)15(7-18)13-6-12(16)4-5-14(13)17/h4-6,10-11,15H,7-9,18H2,1-3H3. The van der Waals surface area contributed by atoms with Crippen LogP contribution in [-0.2, 0) is 0 Å². The van der Waals surface area contributed by atoms with Crippen LogP contribution < -0.4 is 5.73 Å². The molecule has 0 amide bonds. The van der Waals surface area contributed by atoms with Crippen molar-refractivity contribution in [3.05, 3.63) is 34.6 Å². The van der Waals surface area contributed by atoms with Gasteiger partial charge >= 0.3 is 0 Å². The summed E-state index contributed by atoms with van der Waals surface area (Å²) in [5, 5.41) is 0.551. The first-order valence-electron chi connectivity index (χ1n) is 7.05. The topological polar surface area (TPSA) is 32.5 Å². The number of rotatable bonds is 3. The molecule has 3 nitrogen and oxygen atoms in total. The smallest absolute Gasteiger partial charge is 0.128 e. The third-order valence-corrected chi connectivity index (χ3v) is 4.60. The maximum atomic E-state index is 14.1. The lowest BCUT2D eigenvalue weighted by Gasteiger charge is -2.45. The van der Waals surface area contributed by atoms with Gasteiger partial charge in [0.05, 0.1) is 6.04 Å². The van der Waals surface area contributed by atoms with Crippen LogP contribution in [0.3, 0.4) is 0 Å². The van der Waals surface area contributed by atoms with E-state index < -0.39 is 0 Å². The highest BCUT2D eigenvalue weighted by atomic mass is 35.5. The van der Waals surface area contributed by atoms with Gasteiger partial charge in [0, 0.05) is 42.3 Å². The van der Waals surface area contributed by atoms with Crippen molar-refractivity contribution in [2.75, 3.05) is 26.7 Å². The van der Waals surface area contributed by atoms with Crippen molar-refractivity contribution in [2.24, 2.45) is 5.73 Å². The molecule has 1 aromatic rings. The summed E-state index contributed by atoms with van der Waals surface area (Å²) >= 11 is 6.00. The Labute approximate surface area is 125 Å². The van der Waals surface area contributed by atoms with Crippen LogP contribution in [0.4, 0.5) is 4.39 Å². The molecule has 20 heavy (non-hydrogen) atoms. The fourth-order valence-electron chi connectivity index (χ4n) is 2.94. The van der Waals surface area contributed by atoms with Crippen LogP contribution in [0.1, 0.15) is 25.5 Å². The fourth-order valence-corrected chi connectivity index (χ4v) is 3.12. The van der Waals surface area contributed by atoms with Crippen molar-refractivity contribution in [3.8, 4) is 0 Å². The monoisotopic (exact) mass is 299 g/mol. The number of likely N-dealkylation sites (N-methyl/N-ethyl adjacent to an activating group) is 1. The van der Waals surface area contributed by atoms with Gasteiger partial charge in [-0.25, -0.2) is 4.39 Å². The second-order valence-corrected chi connectivity index (χ2v) is 6.17. The summed E-state index contributed by atoms with van der Waals surface area (Å²) in [6, 6.07) is 5.42. The zero-order valence-corrected chi connectivity index (χ0v) is 13.1. The summed E-state index contributed by atoms with van der Waals surface area (Å²) in [6.45, 7) is 6.53. The van der Waals surface area contributed by atoms with Crippen LogP contribution in [0.25, 0.3) is 0 Å². The number of benzene rings is 1. The van der Waals surface area contributed by atoms with Crippen molar-refractivity contribution in [2.45, 2.75) is 32.0 Å². The first-order chi connectivity index (χ1) is 9.43. The van der Waals surface area contributed by atoms with Crippen molar-refractivity contribution in [1.29, 1.82) is 0 Å². The number of hydrogen-bond acceptors (Lipinski definition) is 3. The molecular weight excluding hydrogens is 277 g/mol. The summed E-state index contributed by atoms with van der Waals surface area (Å²) in [4.78, 5) is 4.61. The largest absolute Gasteiger partial charge is 0.329 e. The van der Waals surface area contributed by atoms with E-state index in [1.807, 2.05) is 0 Å². The minimum absolute atomic E-state index is 0.118. The van der Waals surface area contributed by atoms with E-state index >= 15 is 0 Å². The lowest BCUT2D eigenvalue weighted by Crippen LogP contribution is -2.56. The van der Waals surface area contributed by atoms with Crippen LogP contribution in [0.2, 0.25) is 5.02 Å². The quantitative estimate of drug-likeness (QED) is 0.931. The Balaban J connectivity index is 2.26. The average Bonchev–Trinajstić information content (AvgIpc) is 2.40. The number of nitrogens with two attached hydrogens (primary N) is 1. The van der Waals surface area contributed by atoms with Gasteiger partial charge in [-0.2, -0.15) is 0 Å². The predicted octanol–water partition coefficient (Wildman–Crippen LogP) is 2.50. The molecule has 2 rings (SSSR count). The van der Waals surface area contributed by atoms with Crippen molar-refractivity contribution >= 4 is 11.6 Å². The van der Waals surface area contributed by atoms with E-state index in [9.17, 15) is 4.39 Å². The Morgan fingerprint density at radius 3 is 2.50 bits per heavy atom. The predicted molar refractivity (Wildman–Crippen MR) is 81.5 cm³/mol. The minimum atomic E-state index is -0.232. The molecule has 1 heterocycles. The van der Waals surface area contributed by atoms with E-state index in [4.69, 9.17) is 17.3 Å². The normalized spacial score (nSPS) is 26.7. The minimum Gasteiger partial charge on any atom is -0.329 e. The van der Waals surface area contributed by atoms with E-state index in [2.05, 4.69) is 30.7 Å². The van der Waals surface area contributed by atoms with Gasteiger partial charge in [-0.1, -0.05) is 11.6 Å². The summed E-state index contributed by atoms with van der Waals surface area (Å²) < 4.78 is 14.1. The van der Waals surface area contributed by atoms with Gasteiger partial charge in [0.1, 0.15) is 5.82 Å². The maximum absolute atomic E-state index is 14.1. The van der Waals surface area contributed by atoms with Gasteiger partial charge < -0.3 is 5.73 Å². The number of nitrogens with zero attached hydrogens (tertiary/aromatic N) is 2. The third-order valence-electron chi connectivity index (χ3n) is 4.37. The van der Waals surface area contributed by atoms with Crippen LogP contribution in [0, 0.1) is 5.82 Å². The van der Waals surface area contributed by atoms with Gasteiger partial charge in [0.15, 0.2) is 0 Å². The Hall–Kier alpha value is -0.680. The molecule has 112 valence electrons. The Morgan fingerprint density at radius 1 is 1.35 bits per heavy atom. The van der Waals surface area contributed by atoms with E-state index in [1.165, 1.54) is 6.07 Å². The Kier molecular flexibility index (Phi) is 5.02. The lowest BCUT2D eigenvalue weighted by atomic mass is 10.0. The molecule has 1 aliphatic heterocycles. The molecule has 2 N–H and O–H groups in total. The maximum Gasteiger partial charge on any atom is 0.128 e. The van der Waals surface area contributed by atoms with Crippen LogP contribution in [0.5, 0.6) is 0 Å². The lowest BCUT2D eigenvalue weighted by molar-refractivity contribution is 0.0343. The fraction of sp³-hybridized carbons (Fsp3) is 0.600. The third kappa shape index (κ3) is 3.14. The van der Waals surface area contributed by atoms with Crippen LogP contribution in [-0.4, -0.2) is 48.6 Å². The molecule has 0 spiro atoms. The van der Waals surface area contributed by atoms with Gasteiger partial charge in [0.25, 0.3) is 0 Å². The molecule has 3 atom stereocenters. The molecule has 0 bridgehead atoms. The Bertz CT molecular complexity index is 456. The number of halogens is 2. The van der Waals surface area contributed by atoms with Crippen molar-refractivity contribution in [3.63, 3.8) is 0 Å². The molecule has 0 radical (unpaired) electrons. The molecular formula is C15H23ClFN3. The average molecular weight is 300 g/mol. The van der Waals surface area contributed by atoms with Gasteiger partial charge in [0.2, 0.25) is 0 Å². The molecule has 0 aromatic heterocycles. The van der Waals surface area contributed by atoms with Crippen LogP contribution >= 0.6 is 11.6 Å². The highest BCUT2D eigenvalue weighted by Crippen LogP contribution is 2.28. The number of piperazine rings is 1. The van der Waals surface area contributed by atoms with Crippen LogP contribution in [0.15, 0.2) is 18.2 Å². The zero-order chi connectivity index (χ0) is 14.9. The SMILES string of the molecule is CC1CN(C(CN)c2cc(Cl)ccc2F)CC(C)N1C. The molecule has 5 heteroatoms. The number of hydrogen-bond donors (Lipinski definition) is 1. The van der Waals surface area contributed by atoms with Gasteiger partial charge in [-0.3, -0.25) is 9.80 Å². The summed E-state index contributed by atoms with van der Waals surface area (Å²) in [6.07, 6.45) is 0. The highest BCUT2D eigenvalue weighted by molar-refractivity contribution is 6.30. The Morgan fingerprint density at radius 2 is 1.95 bits per heavy atom. The molecule has 1 aromatic carbocycles. The van der Waals surface area contributed by atoms with E-state index in [1.54, 1.807) is 12.1 Å². The first kappa shape index (κ1) is 15.7. The molecule has 1 saturated heterocycles. The molecule has 0 aliphatic carbocycles. The molecule has 0 saturated carbocycles. The van der Waals surface area contributed by atoms with Crippen molar-refractivity contribution < 1.29 is 4.39 Å². The molecule has 3 unspecified atom stereocenters. The molecule has 1 aliphatic rings. The van der Waals surface area contributed by atoms with Gasteiger partial charge in [-0.15, -0.1) is 0 Å². The second kappa shape index (κ2) is 6.39. The first-order valence-corrected chi connectivity index (χ1v) is 7.42. The highest BCUT2D eigenvalue weighted by Gasteiger charge is 2.31. The van der Waals surface area contributed by atoms with Crippen molar-refractivity contribution in [1.82, 2.24) is 9.80 Å². The van der Waals surface area contributed by atoms with E-state index in [0.717, 1.165) is 13.1 Å². The molecule has 1 fully saturated rings. The summed E-state index contributed by atoms with van der Waals surface area (Å²) in [5.74, 6) is -0.232. The van der Waals surface area contributed by atoms with E-state index in [-0.39, 0.29) is 11.9 Å². The summed E-state index contributed by atoms with van der Waals surface area (Å²) in [5.41, 5.74) is 6.52. The van der Waals surface area contributed by atoms with Gasteiger partial charge in [-0.05, 0) is 39.1 Å². The van der Waals surface area contributed by atoms with E-state index in [0.29, 0.717) is 29.2 Å².